The minimum absolute atomic E-state index is 0.00797. The maximum Gasteiger partial charge on any atom is 0.223 e. The Morgan fingerprint density at radius 3 is 2.23 bits per heavy atom. The van der Waals surface area contributed by atoms with Crippen LogP contribution in [0.2, 0.25) is 0 Å². The van der Waals surface area contributed by atoms with E-state index in [2.05, 4.69) is 17.1 Å². The minimum atomic E-state index is -3.36. The minimum Gasteiger partial charge on any atom is -0.370 e. The SMILES string of the molecule is CC(CNC(=O)C1CCN(S(=O)(=O)Cc2ccccc2)CC1)N(C)c1ccccc1. The van der Waals surface area contributed by atoms with Crippen LogP contribution in [0.15, 0.2) is 60.7 Å². The zero-order valence-electron chi connectivity index (χ0n) is 17.7. The monoisotopic (exact) mass is 429 g/mol. The fraction of sp³-hybridized carbons (Fsp3) is 0.435. The van der Waals surface area contributed by atoms with Gasteiger partial charge in [0.15, 0.2) is 0 Å². The van der Waals surface area contributed by atoms with E-state index in [0.29, 0.717) is 32.5 Å². The fourth-order valence-electron chi connectivity index (χ4n) is 3.72. The summed E-state index contributed by atoms with van der Waals surface area (Å²) in [5.74, 6) is -0.112. The maximum atomic E-state index is 12.7. The summed E-state index contributed by atoms with van der Waals surface area (Å²) in [6.07, 6.45) is 1.12. The van der Waals surface area contributed by atoms with Gasteiger partial charge in [0.05, 0.1) is 5.75 Å². The second-order valence-corrected chi connectivity index (χ2v) is 9.92. The molecule has 1 aliphatic rings. The number of para-hydroxylation sites is 1. The number of carbonyl (C=O) groups is 1. The third-order valence-electron chi connectivity index (χ3n) is 5.81. The number of anilines is 1. The predicted molar refractivity (Wildman–Crippen MR) is 121 cm³/mol. The average molecular weight is 430 g/mol. The molecule has 0 bridgehead atoms. The number of carbonyl (C=O) groups excluding carboxylic acids is 1. The van der Waals surface area contributed by atoms with Gasteiger partial charge in [0.1, 0.15) is 0 Å². The number of rotatable bonds is 8. The van der Waals surface area contributed by atoms with Crippen molar-refractivity contribution in [1.82, 2.24) is 9.62 Å². The van der Waals surface area contributed by atoms with E-state index in [9.17, 15) is 13.2 Å². The second kappa shape index (κ2) is 10.1. The average Bonchev–Trinajstić information content (AvgIpc) is 2.77. The molecule has 0 saturated carbocycles. The molecule has 1 N–H and O–H groups in total. The number of amides is 1. The topological polar surface area (TPSA) is 69.7 Å². The molecule has 0 aromatic heterocycles. The van der Waals surface area contributed by atoms with Crippen molar-refractivity contribution in [3.8, 4) is 0 Å². The Kier molecular flexibility index (Phi) is 7.50. The molecule has 1 unspecified atom stereocenters. The zero-order valence-corrected chi connectivity index (χ0v) is 18.5. The molecule has 0 radical (unpaired) electrons. The third-order valence-corrected chi connectivity index (χ3v) is 7.66. The maximum absolute atomic E-state index is 12.7. The van der Waals surface area contributed by atoms with Crippen LogP contribution in [0, 0.1) is 5.92 Å². The number of benzene rings is 2. The van der Waals surface area contributed by atoms with Crippen molar-refractivity contribution in [3.63, 3.8) is 0 Å². The van der Waals surface area contributed by atoms with Gasteiger partial charge in [-0.15, -0.1) is 0 Å². The first kappa shape index (κ1) is 22.3. The number of hydrogen-bond acceptors (Lipinski definition) is 4. The summed E-state index contributed by atoms with van der Waals surface area (Å²) in [5, 5.41) is 3.05. The highest BCUT2D eigenvalue weighted by atomic mass is 32.2. The first-order chi connectivity index (χ1) is 14.4. The van der Waals surface area contributed by atoms with Gasteiger partial charge in [0.2, 0.25) is 15.9 Å². The molecule has 1 saturated heterocycles. The van der Waals surface area contributed by atoms with E-state index in [1.54, 1.807) is 0 Å². The van der Waals surface area contributed by atoms with Gasteiger partial charge in [0.25, 0.3) is 0 Å². The zero-order chi connectivity index (χ0) is 21.6. The van der Waals surface area contributed by atoms with E-state index in [4.69, 9.17) is 0 Å². The number of piperidine rings is 1. The van der Waals surface area contributed by atoms with Crippen LogP contribution in [0.25, 0.3) is 0 Å². The van der Waals surface area contributed by atoms with Crippen LogP contribution in [0.1, 0.15) is 25.3 Å². The van der Waals surface area contributed by atoms with Gasteiger partial charge in [-0.3, -0.25) is 4.79 Å². The highest BCUT2D eigenvalue weighted by molar-refractivity contribution is 7.88. The van der Waals surface area contributed by atoms with Crippen LogP contribution >= 0.6 is 0 Å². The first-order valence-corrected chi connectivity index (χ1v) is 12.0. The molecule has 2 aromatic rings. The van der Waals surface area contributed by atoms with Gasteiger partial charge >= 0.3 is 0 Å². The molecular weight excluding hydrogens is 398 g/mol. The Hall–Kier alpha value is -2.38. The second-order valence-electron chi connectivity index (χ2n) is 7.96. The molecular formula is C23H31N3O3S. The van der Waals surface area contributed by atoms with Crippen LogP contribution in [0.4, 0.5) is 5.69 Å². The molecule has 1 amide bonds. The summed E-state index contributed by atoms with van der Waals surface area (Å²) in [4.78, 5) is 14.7. The van der Waals surface area contributed by atoms with E-state index in [-0.39, 0.29) is 23.6 Å². The standard InChI is InChI=1S/C23H31N3O3S/c1-19(25(2)22-11-7-4-8-12-22)17-24-23(27)21-13-15-26(16-14-21)30(28,29)18-20-9-5-3-6-10-20/h3-12,19,21H,13-18H2,1-2H3,(H,24,27). The quantitative estimate of drug-likeness (QED) is 0.701. The Morgan fingerprint density at radius 1 is 1.07 bits per heavy atom. The highest BCUT2D eigenvalue weighted by Gasteiger charge is 2.31. The lowest BCUT2D eigenvalue weighted by atomic mass is 9.97. The van der Waals surface area contributed by atoms with Crippen molar-refractivity contribution in [2.45, 2.75) is 31.6 Å². The highest BCUT2D eigenvalue weighted by Crippen LogP contribution is 2.22. The predicted octanol–water partition coefficient (Wildman–Crippen LogP) is 2.87. The molecule has 0 aliphatic carbocycles. The number of likely N-dealkylation sites (N-methyl/N-ethyl adjacent to an activating group) is 1. The van der Waals surface area contributed by atoms with Crippen LogP contribution in [-0.2, 0) is 20.6 Å². The first-order valence-electron chi connectivity index (χ1n) is 10.4. The van der Waals surface area contributed by atoms with Crippen molar-refractivity contribution in [3.05, 3.63) is 66.2 Å². The van der Waals surface area contributed by atoms with Gasteiger partial charge in [-0.1, -0.05) is 48.5 Å². The van der Waals surface area contributed by atoms with Gasteiger partial charge in [-0.25, -0.2) is 12.7 Å². The van der Waals surface area contributed by atoms with Crippen molar-refractivity contribution < 1.29 is 13.2 Å². The van der Waals surface area contributed by atoms with Crippen LogP contribution in [-0.4, -0.2) is 51.4 Å². The largest absolute Gasteiger partial charge is 0.370 e. The number of sulfonamides is 1. The Labute approximate surface area is 179 Å². The van der Waals surface area contributed by atoms with E-state index in [0.717, 1.165) is 11.3 Å². The van der Waals surface area contributed by atoms with Crippen LogP contribution in [0.3, 0.4) is 0 Å². The lowest BCUT2D eigenvalue weighted by Crippen LogP contribution is -2.46. The van der Waals surface area contributed by atoms with Gasteiger partial charge < -0.3 is 10.2 Å². The van der Waals surface area contributed by atoms with Crippen LogP contribution < -0.4 is 10.2 Å². The molecule has 2 aromatic carbocycles. The molecule has 1 atom stereocenters. The van der Waals surface area contributed by atoms with E-state index in [1.807, 2.05) is 67.7 Å². The summed E-state index contributed by atoms with van der Waals surface area (Å²) < 4.78 is 26.9. The molecule has 6 nitrogen and oxygen atoms in total. The molecule has 162 valence electrons. The number of nitrogens with zero attached hydrogens (tertiary/aromatic N) is 2. The van der Waals surface area contributed by atoms with E-state index >= 15 is 0 Å². The summed E-state index contributed by atoms with van der Waals surface area (Å²) in [6.45, 7) is 3.42. The fourth-order valence-corrected chi connectivity index (χ4v) is 5.28. The normalized spacial score (nSPS) is 16.7. The Morgan fingerprint density at radius 2 is 1.63 bits per heavy atom. The molecule has 1 fully saturated rings. The van der Waals surface area contributed by atoms with E-state index < -0.39 is 10.0 Å². The van der Waals surface area contributed by atoms with Crippen molar-refractivity contribution in [2.24, 2.45) is 5.92 Å². The summed E-state index contributed by atoms with van der Waals surface area (Å²) in [6, 6.07) is 19.4. The Bertz CT molecular complexity index is 911. The van der Waals surface area contributed by atoms with Gasteiger partial charge in [0, 0.05) is 44.3 Å². The van der Waals surface area contributed by atoms with Gasteiger partial charge in [-0.05, 0) is 37.5 Å². The number of hydrogen-bond donors (Lipinski definition) is 1. The molecule has 30 heavy (non-hydrogen) atoms. The van der Waals surface area contributed by atoms with E-state index in [1.165, 1.54) is 4.31 Å². The lowest BCUT2D eigenvalue weighted by molar-refractivity contribution is -0.126. The molecule has 1 aliphatic heterocycles. The summed E-state index contributed by atoms with van der Waals surface area (Å²) in [5.41, 5.74) is 1.89. The Balaban J connectivity index is 1.46. The number of nitrogens with one attached hydrogen (secondary N) is 1. The van der Waals surface area contributed by atoms with Gasteiger partial charge in [-0.2, -0.15) is 0 Å². The molecule has 7 heteroatoms. The summed E-state index contributed by atoms with van der Waals surface area (Å²) >= 11 is 0. The smallest absolute Gasteiger partial charge is 0.223 e. The van der Waals surface area contributed by atoms with Crippen LogP contribution in [0.5, 0.6) is 0 Å². The van der Waals surface area contributed by atoms with Crippen molar-refractivity contribution in [1.29, 1.82) is 0 Å². The molecule has 1 heterocycles. The molecule has 3 rings (SSSR count). The van der Waals surface area contributed by atoms with Crippen molar-refractivity contribution in [2.75, 3.05) is 31.6 Å². The lowest BCUT2D eigenvalue weighted by Gasteiger charge is -2.31. The third kappa shape index (κ3) is 5.83. The summed E-state index contributed by atoms with van der Waals surface area (Å²) in [7, 11) is -1.34. The van der Waals surface area contributed by atoms with Crippen molar-refractivity contribution >= 4 is 21.6 Å². The molecule has 0 spiro atoms.